The molecule has 33 heavy (non-hydrogen) atoms. The predicted molar refractivity (Wildman–Crippen MR) is 128 cm³/mol. The van der Waals surface area contributed by atoms with Crippen molar-refractivity contribution in [1.82, 2.24) is 15.1 Å². The Kier molecular flexibility index (Phi) is 7.11. The summed E-state index contributed by atoms with van der Waals surface area (Å²) in [6.07, 6.45) is 1.75. The maximum Gasteiger partial charge on any atom is 0.251 e. The zero-order chi connectivity index (χ0) is 23.4. The first-order valence-electron chi connectivity index (χ1n) is 11.9. The van der Waals surface area contributed by atoms with Crippen molar-refractivity contribution in [2.45, 2.75) is 51.6 Å². The minimum absolute atomic E-state index is 0.0443. The van der Waals surface area contributed by atoms with Crippen LogP contribution in [0.15, 0.2) is 54.6 Å². The lowest BCUT2D eigenvalue weighted by Crippen LogP contribution is -2.48. The molecular weight excluding hydrogens is 414 g/mol. The highest BCUT2D eigenvalue weighted by atomic mass is 16.2. The van der Waals surface area contributed by atoms with Crippen LogP contribution >= 0.6 is 0 Å². The van der Waals surface area contributed by atoms with Gasteiger partial charge in [0.25, 0.3) is 5.91 Å². The molecule has 2 aliphatic heterocycles. The Morgan fingerprint density at radius 3 is 2.30 bits per heavy atom. The highest BCUT2D eigenvalue weighted by Crippen LogP contribution is 2.24. The minimum atomic E-state index is -0.271. The van der Waals surface area contributed by atoms with Gasteiger partial charge < -0.3 is 15.1 Å². The molecule has 174 valence electrons. The van der Waals surface area contributed by atoms with E-state index in [4.69, 9.17) is 0 Å². The van der Waals surface area contributed by atoms with Gasteiger partial charge in [-0.25, -0.2) is 0 Å². The fourth-order valence-electron chi connectivity index (χ4n) is 4.68. The monoisotopic (exact) mass is 447 g/mol. The summed E-state index contributed by atoms with van der Waals surface area (Å²) in [5.74, 6) is 0.209. The molecule has 0 aromatic heterocycles. The molecule has 2 heterocycles. The number of rotatable bonds is 6. The number of hydrogen-bond donors (Lipinski definition) is 1. The van der Waals surface area contributed by atoms with E-state index in [9.17, 15) is 14.4 Å². The van der Waals surface area contributed by atoms with Crippen LogP contribution in [0.4, 0.5) is 0 Å². The van der Waals surface area contributed by atoms with Crippen molar-refractivity contribution >= 4 is 17.7 Å². The number of nitrogens with one attached hydrogen (secondary N) is 1. The molecule has 1 N–H and O–H groups in total. The van der Waals surface area contributed by atoms with Gasteiger partial charge in [0.05, 0.1) is 5.92 Å². The zero-order valence-corrected chi connectivity index (χ0v) is 19.5. The molecule has 3 amide bonds. The molecule has 2 aromatic rings. The molecule has 0 bridgehead atoms. The van der Waals surface area contributed by atoms with Crippen LogP contribution in [0.1, 0.15) is 60.5 Å². The standard InChI is InChI=1S/C27H33N3O3/c1-19(2)21-8-10-22(11-9-21)26(32)28-24-12-14-29(15-13-24)27(33)23-16-25(31)30(18-23)17-20-6-4-3-5-7-20/h3-11,19,23-24H,12-18H2,1-2H3,(H,28,32). The van der Waals surface area contributed by atoms with E-state index >= 15 is 0 Å². The molecule has 0 aliphatic carbocycles. The summed E-state index contributed by atoms with van der Waals surface area (Å²) in [7, 11) is 0. The molecule has 0 spiro atoms. The van der Waals surface area contributed by atoms with Crippen LogP contribution in [0.2, 0.25) is 0 Å². The fraction of sp³-hybridized carbons (Fsp3) is 0.444. The van der Waals surface area contributed by atoms with Crippen molar-refractivity contribution < 1.29 is 14.4 Å². The summed E-state index contributed by atoms with van der Waals surface area (Å²) in [6, 6.07) is 17.7. The third kappa shape index (κ3) is 5.62. The van der Waals surface area contributed by atoms with Crippen LogP contribution in [0, 0.1) is 5.92 Å². The van der Waals surface area contributed by atoms with Crippen molar-refractivity contribution in [2.75, 3.05) is 19.6 Å². The maximum atomic E-state index is 13.0. The number of likely N-dealkylation sites (tertiary alicyclic amines) is 2. The number of piperidine rings is 1. The van der Waals surface area contributed by atoms with Gasteiger partial charge in [0.2, 0.25) is 11.8 Å². The summed E-state index contributed by atoms with van der Waals surface area (Å²) in [5, 5.41) is 3.12. The highest BCUT2D eigenvalue weighted by Gasteiger charge is 2.37. The van der Waals surface area contributed by atoms with E-state index in [0.717, 1.165) is 18.4 Å². The Morgan fingerprint density at radius 2 is 1.67 bits per heavy atom. The van der Waals surface area contributed by atoms with Crippen molar-refractivity contribution in [3.05, 3.63) is 71.3 Å². The number of nitrogens with zero attached hydrogens (tertiary/aromatic N) is 2. The van der Waals surface area contributed by atoms with E-state index in [0.29, 0.717) is 37.7 Å². The van der Waals surface area contributed by atoms with E-state index < -0.39 is 0 Å². The van der Waals surface area contributed by atoms with Crippen LogP contribution in [-0.4, -0.2) is 53.2 Å². The number of carbonyl (C=O) groups excluding carboxylic acids is 3. The van der Waals surface area contributed by atoms with Crippen LogP contribution in [-0.2, 0) is 16.1 Å². The molecule has 2 fully saturated rings. The summed E-state index contributed by atoms with van der Waals surface area (Å²) < 4.78 is 0. The lowest BCUT2D eigenvalue weighted by Gasteiger charge is -2.33. The van der Waals surface area contributed by atoms with Gasteiger partial charge in [-0.05, 0) is 42.0 Å². The molecule has 2 aliphatic rings. The molecule has 4 rings (SSSR count). The minimum Gasteiger partial charge on any atom is -0.349 e. The first-order valence-corrected chi connectivity index (χ1v) is 11.9. The quantitative estimate of drug-likeness (QED) is 0.736. The molecule has 0 saturated carbocycles. The zero-order valence-electron chi connectivity index (χ0n) is 19.5. The van der Waals surface area contributed by atoms with Crippen LogP contribution in [0.5, 0.6) is 0 Å². The largest absolute Gasteiger partial charge is 0.349 e. The molecule has 6 nitrogen and oxygen atoms in total. The van der Waals surface area contributed by atoms with Gasteiger partial charge in [0.15, 0.2) is 0 Å². The molecule has 6 heteroatoms. The van der Waals surface area contributed by atoms with Crippen LogP contribution in [0.25, 0.3) is 0 Å². The van der Waals surface area contributed by atoms with Gasteiger partial charge in [-0.15, -0.1) is 0 Å². The Balaban J connectivity index is 1.25. The van der Waals surface area contributed by atoms with Gasteiger partial charge in [-0.1, -0.05) is 56.3 Å². The SMILES string of the molecule is CC(C)c1ccc(C(=O)NC2CCN(C(=O)C3CC(=O)N(Cc4ccccc4)C3)CC2)cc1. The number of carbonyl (C=O) groups is 3. The second kappa shape index (κ2) is 10.2. The Morgan fingerprint density at radius 1 is 1.00 bits per heavy atom. The van der Waals surface area contributed by atoms with Crippen LogP contribution < -0.4 is 5.32 Å². The predicted octanol–water partition coefficient (Wildman–Crippen LogP) is 3.58. The van der Waals surface area contributed by atoms with Gasteiger partial charge in [0, 0.05) is 44.2 Å². The maximum absolute atomic E-state index is 13.0. The third-order valence-electron chi connectivity index (χ3n) is 6.76. The van der Waals surface area contributed by atoms with E-state index in [1.807, 2.05) is 59.5 Å². The molecule has 0 radical (unpaired) electrons. The third-order valence-corrected chi connectivity index (χ3v) is 6.76. The Bertz CT molecular complexity index is 979. The normalized spacial score (nSPS) is 19.2. The average Bonchev–Trinajstić information content (AvgIpc) is 3.19. The molecule has 2 aromatic carbocycles. The van der Waals surface area contributed by atoms with Crippen molar-refractivity contribution in [3.63, 3.8) is 0 Å². The van der Waals surface area contributed by atoms with Gasteiger partial charge in [-0.3, -0.25) is 14.4 Å². The van der Waals surface area contributed by atoms with Crippen molar-refractivity contribution in [2.24, 2.45) is 5.92 Å². The number of benzene rings is 2. The summed E-state index contributed by atoms with van der Waals surface area (Å²) in [5.41, 5.74) is 2.96. The van der Waals surface area contributed by atoms with E-state index in [1.165, 1.54) is 5.56 Å². The van der Waals surface area contributed by atoms with E-state index in [1.54, 1.807) is 4.90 Å². The molecule has 1 unspecified atom stereocenters. The molecule has 2 saturated heterocycles. The van der Waals surface area contributed by atoms with E-state index in [2.05, 4.69) is 19.2 Å². The average molecular weight is 448 g/mol. The Labute approximate surface area is 196 Å². The Hall–Kier alpha value is -3.15. The lowest BCUT2D eigenvalue weighted by atomic mass is 10.00. The van der Waals surface area contributed by atoms with Gasteiger partial charge in [0.1, 0.15) is 0 Å². The summed E-state index contributed by atoms with van der Waals surface area (Å²) >= 11 is 0. The van der Waals surface area contributed by atoms with Crippen molar-refractivity contribution in [3.8, 4) is 0 Å². The lowest BCUT2D eigenvalue weighted by molar-refractivity contribution is -0.136. The van der Waals surface area contributed by atoms with Crippen LogP contribution in [0.3, 0.4) is 0 Å². The van der Waals surface area contributed by atoms with Crippen molar-refractivity contribution in [1.29, 1.82) is 0 Å². The fourth-order valence-corrected chi connectivity index (χ4v) is 4.68. The summed E-state index contributed by atoms with van der Waals surface area (Å²) in [4.78, 5) is 41.7. The second-order valence-electron chi connectivity index (χ2n) is 9.51. The molecule has 1 atom stereocenters. The second-order valence-corrected chi connectivity index (χ2v) is 9.51. The first kappa shape index (κ1) is 23.0. The topological polar surface area (TPSA) is 69.7 Å². The summed E-state index contributed by atoms with van der Waals surface area (Å²) in [6.45, 7) is 6.52. The smallest absolute Gasteiger partial charge is 0.251 e. The van der Waals surface area contributed by atoms with Gasteiger partial charge in [-0.2, -0.15) is 0 Å². The highest BCUT2D eigenvalue weighted by molar-refractivity contribution is 5.94. The molecular formula is C27H33N3O3. The van der Waals surface area contributed by atoms with E-state index in [-0.39, 0.29) is 36.1 Å². The van der Waals surface area contributed by atoms with Gasteiger partial charge >= 0.3 is 0 Å². The first-order chi connectivity index (χ1) is 15.9. The number of hydrogen-bond acceptors (Lipinski definition) is 3. The number of amides is 3.